The molecule has 0 N–H and O–H groups in total. The molecular weight excluding hydrogens is 254 g/mol. The number of hydrogen-bond acceptors (Lipinski definition) is 2. The van der Waals surface area contributed by atoms with Gasteiger partial charge in [0.15, 0.2) is 0 Å². The van der Waals surface area contributed by atoms with Crippen LogP contribution in [-0.4, -0.2) is 30.5 Å². The highest BCUT2D eigenvalue weighted by molar-refractivity contribution is 9.10. The largest absolute Gasteiger partial charge is 0.224 e. The van der Waals surface area contributed by atoms with E-state index in [-0.39, 0.29) is 4.66 Å². The zero-order chi connectivity index (χ0) is 10.1. The summed E-state index contributed by atoms with van der Waals surface area (Å²) in [4.78, 5) is 0. The molecule has 13 heavy (non-hydrogen) atoms. The number of alkyl halides is 1. The Morgan fingerprint density at radius 3 is 2.46 bits per heavy atom. The third-order valence-electron chi connectivity index (χ3n) is 2.83. The summed E-state index contributed by atoms with van der Waals surface area (Å²) >= 11 is 3.01. The van der Waals surface area contributed by atoms with E-state index in [1.165, 1.54) is 0 Å². The summed E-state index contributed by atoms with van der Waals surface area (Å²) in [6.07, 6.45) is 0.980. The molecule has 0 saturated carbocycles. The lowest BCUT2D eigenvalue weighted by molar-refractivity contribution is 0.213. The molecule has 1 heterocycles. The molecule has 1 aliphatic heterocycles. The van der Waals surface area contributed by atoms with Crippen LogP contribution in [0.5, 0.6) is 0 Å². The summed E-state index contributed by atoms with van der Waals surface area (Å²) < 4.78 is 24.6. The molecule has 3 nitrogen and oxygen atoms in total. The average molecular weight is 270 g/mol. The Morgan fingerprint density at radius 1 is 1.38 bits per heavy atom. The summed E-state index contributed by atoms with van der Waals surface area (Å²) in [5.74, 6) is 1.12. The average Bonchev–Trinajstić information content (AvgIpc) is 2.09. The van der Waals surface area contributed by atoms with Crippen LogP contribution in [0.1, 0.15) is 20.3 Å². The third-order valence-corrected chi connectivity index (χ3v) is 5.96. The Labute approximate surface area is 88.7 Å². The van der Waals surface area contributed by atoms with Crippen molar-refractivity contribution in [1.82, 2.24) is 4.31 Å². The Bertz CT molecular complexity index is 265. The van der Waals surface area contributed by atoms with Gasteiger partial charge in [-0.2, -0.15) is 0 Å². The van der Waals surface area contributed by atoms with Gasteiger partial charge in [0.2, 0.25) is 10.0 Å². The van der Waals surface area contributed by atoms with Crippen LogP contribution in [-0.2, 0) is 10.0 Å². The van der Waals surface area contributed by atoms with E-state index in [2.05, 4.69) is 29.8 Å². The van der Waals surface area contributed by atoms with Gasteiger partial charge in [0.25, 0.3) is 0 Å². The molecule has 1 saturated heterocycles. The van der Waals surface area contributed by atoms with E-state index in [0.717, 1.165) is 6.42 Å². The summed E-state index contributed by atoms with van der Waals surface area (Å²) in [6, 6.07) is 0. The van der Waals surface area contributed by atoms with Crippen LogP contribution in [0.4, 0.5) is 0 Å². The zero-order valence-corrected chi connectivity index (χ0v) is 10.4. The van der Waals surface area contributed by atoms with E-state index in [4.69, 9.17) is 0 Å². The Morgan fingerprint density at radius 2 is 2.00 bits per heavy atom. The maximum Gasteiger partial charge on any atom is 0.224 e. The lowest BCUT2D eigenvalue weighted by Crippen LogP contribution is -2.42. The van der Waals surface area contributed by atoms with Crippen molar-refractivity contribution in [2.24, 2.45) is 11.8 Å². The van der Waals surface area contributed by atoms with Gasteiger partial charge in [-0.1, -0.05) is 29.8 Å². The predicted octanol–water partition coefficient (Wildman–Crippen LogP) is 1.65. The molecule has 0 aromatic carbocycles. The molecule has 5 heteroatoms. The van der Waals surface area contributed by atoms with Gasteiger partial charge in [-0.25, -0.2) is 12.7 Å². The quantitative estimate of drug-likeness (QED) is 0.715. The van der Waals surface area contributed by atoms with E-state index in [1.807, 2.05) is 0 Å². The molecular formula is C8H16BrNO2S. The minimum atomic E-state index is -3.03. The summed E-state index contributed by atoms with van der Waals surface area (Å²) in [7, 11) is -3.03. The van der Waals surface area contributed by atoms with Crippen LogP contribution in [0.3, 0.4) is 0 Å². The molecule has 0 aliphatic carbocycles. The van der Waals surface area contributed by atoms with Crippen molar-refractivity contribution in [2.75, 3.05) is 17.8 Å². The Kier molecular flexibility index (Phi) is 3.77. The van der Waals surface area contributed by atoms with Crippen molar-refractivity contribution >= 4 is 26.0 Å². The Balaban J connectivity index is 2.66. The number of sulfonamides is 1. The van der Waals surface area contributed by atoms with Gasteiger partial charge in [0.1, 0.15) is 4.66 Å². The minimum absolute atomic E-state index is 0.0428. The number of hydrogen-bond donors (Lipinski definition) is 0. The van der Waals surface area contributed by atoms with Crippen LogP contribution >= 0.6 is 15.9 Å². The normalized spacial score (nSPS) is 31.9. The lowest BCUT2D eigenvalue weighted by atomic mass is 9.90. The van der Waals surface area contributed by atoms with Crippen molar-refractivity contribution in [3.05, 3.63) is 0 Å². The van der Waals surface area contributed by atoms with Gasteiger partial charge in [0.05, 0.1) is 0 Å². The standard InChI is InChI=1S/C8H16BrNO2S/c1-7-3-4-10(5-8(7)2)13(11,12)6-9/h7-8H,3-6H2,1-2H3. The monoisotopic (exact) mass is 269 g/mol. The maximum atomic E-state index is 11.5. The molecule has 2 unspecified atom stereocenters. The van der Waals surface area contributed by atoms with Gasteiger partial charge in [-0.05, 0) is 18.3 Å². The van der Waals surface area contributed by atoms with Gasteiger partial charge < -0.3 is 0 Å². The topological polar surface area (TPSA) is 37.4 Å². The number of halogens is 1. The van der Waals surface area contributed by atoms with E-state index < -0.39 is 10.0 Å². The van der Waals surface area contributed by atoms with Crippen LogP contribution < -0.4 is 0 Å². The van der Waals surface area contributed by atoms with Crippen molar-refractivity contribution in [3.8, 4) is 0 Å². The lowest BCUT2D eigenvalue weighted by Gasteiger charge is -2.33. The second kappa shape index (κ2) is 4.28. The van der Waals surface area contributed by atoms with Gasteiger partial charge in [-0.15, -0.1) is 0 Å². The molecule has 0 spiro atoms. The zero-order valence-electron chi connectivity index (χ0n) is 8.03. The van der Waals surface area contributed by atoms with E-state index >= 15 is 0 Å². The number of nitrogens with zero attached hydrogens (tertiary/aromatic N) is 1. The van der Waals surface area contributed by atoms with Gasteiger partial charge in [0, 0.05) is 13.1 Å². The highest BCUT2D eigenvalue weighted by Crippen LogP contribution is 2.24. The fraction of sp³-hybridized carbons (Fsp3) is 1.00. The van der Waals surface area contributed by atoms with Crippen LogP contribution in [0.15, 0.2) is 0 Å². The molecule has 1 fully saturated rings. The molecule has 0 aromatic rings. The van der Waals surface area contributed by atoms with E-state index in [1.54, 1.807) is 4.31 Å². The fourth-order valence-corrected chi connectivity index (χ4v) is 3.40. The van der Waals surface area contributed by atoms with E-state index in [9.17, 15) is 8.42 Å². The molecule has 2 atom stereocenters. The molecule has 0 aromatic heterocycles. The number of piperidine rings is 1. The van der Waals surface area contributed by atoms with Crippen molar-refractivity contribution in [2.45, 2.75) is 20.3 Å². The first-order valence-electron chi connectivity index (χ1n) is 4.51. The van der Waals surface area contributed by atoms with Crippen LogP contribution in [0.2, 0.25) is 0 Å². The Hall–Kier alpha value is 0.390. The van der Waals surface area contributed by atoms with Gasteiger partial charge >= 0.3 is 0 Å². The SMILES string of the molecule is CC1CCN(S(=O)(=O)CBr)CC1C. The third kappa shape index (κ3) is 2.67. The summed E-state index contributed by atoms with van der Waals surface area (Å²) in [5, 5.41) is 0. The first kappa shape index (κ1) is 11.5. The minimum Gasteiger partial charge on any atom is -0.211 e. The highest BCUT2D eigenvalue weighted by Gasteiger charge is 2.29. The molecule has 0 radical (unpaired) electrons. The van der Waals surface area contributed by atoms with Crippen molar-refractivity contribution in [1.29, 1.82) is 0 Å². The van der Waals surface area contributed by atoms with Crippen LogP contribution in [0.25, 0.3) is 0 Å². The van der Waals surface area contributed by atoms with E-state index in [0.29, 0.717) is 24.9 Å². The predicted molar refractivity (Wildman–Crippen MR) is 57.2 cm³/mol. The first-order valence-corrected chi connectivity index (χ1v) is 7.24. The highest BCUT2D eigenvalue weighted by atomic mass is 79.9. The molecule has 0 bridgehead atoms. The van der Waals surface area contributed by atoms with Crippen LogP contribution in [0, 0.1) is 11.8 Å². The maximum absolute atomic E-state index is 11.5. The van der Waals surface area contributed by atoms with Crippen molar-refractivity contribution < 1.29 is 8.42 Å². The van der Waals surface area contributed by atoms with Crippen molar-refractivity contribution in [3.63, 3.8) is 0 Å². The second-order valence-electron chi connectivity index (χ2n) is 3.82. The molecule has 78 valence electrons. The molecule has 1 rings (SSSR count). The molecule has 0 amide bonds. The first-order chi connectivity index (χ1) is 5.97. The van der Waals surface area contributed by atoms with Gasteiger partial charge in [-0.3, -0.25) is 0 Å². The number of rotatable bonds is 2. The summed E-state index contributed by atoms with van der Waals surface area (Å²) in [5.41, 5.74) is 0. The fourth-order valence-electron chi connectivity index (χ4n) is 1.55. The smallest absolute Gasteiger partial charge is 0.211 e. The summed E-state index contributed by atoms with van der Waals surface area (Å²) in [6.45, 7) is 5.65. The second-order valence-corrected chi connectivity index (χ2v) is 7.09. The molecule has 1 aliphatic rings.